The molecule has 1 saturated heterocycles. The fraction of sp³-hybridized carbons (Fsp3) is 0.588. The molecule has 2 aliphatic rings. The molecule has 1 aromatic rings. The van der Waals surface area contributed by atoms with Gasteiger partial charge in [-0.1, -0.05) is 13.8 Å². The van der Waals surface area contributed by atoms with Crippen LogP contribution in [0.5, 0.6) is 0 Å². The Bertz CT molecular complexity index is 704. The predicted octanol–water partition coefficient (Wildman–Crippen LogP) is 3.32. The standard InChI is InChI=1S/C17H20F4N2O2/c1-15(2)13-10(4-3-7-25-13)16(15,22)14(24)23-12-8-9(17(19,20)21)5-6-11(12)18/h5-6,8,10,13H,3-4,7,22H2,1-2H3,(H,23,24). The van der Waals surface area contributed by atoms with Gasteiger partial charge < -0.3 is 15.8 Å². The number of fused-ring (bicyclic) bond motifs is 1. The minimum absolute atomic E-state index is 0.191. The molecule has 0 spiro atoms. The highest BCUT2D eigenvalue weighted by Crippen LogP contribution is 2.57. The molecule has 1 aromatic carbocycles. The van der Waals surface area contributed by atoms with Gasteiger partial charge in [-0.05, 0) is 31.0 Å². The molecule has 1 aliphatic carbocycles. The molecule has 3 N–H and O–H groups in total. The fourth-order valence-electron chi connectivity index (χ4n) is 4.06. The molecular formula is C17H20F4N2O2. The summed E-state index contributed by atoms with van der Waals surface area (Å²) in [5.74, 6) is -1.88. The van der Waals surface area contributed by atoms with Crippen molar-refractivity contribution in [2.24, 2.45) is 17.1 Å². The van der Waals surface area contributed by atoms with Crippen molar-refractivity contribution in [3.8, 4) is 0 Å². The van der Waals surface area contributed by atoms with Crippen molar-refractivity contribution in [3.63, 3.8) is 0 Å². The van der Waals surface area contributed by atoms with Crippen LogP contribution in [-0.2, 0) is 15.7 Å². The van der Waals surface area contributed by atoms with Crippen molar-refractivity contribution < 1.29 is 27.1 Å². The Hall–Kier alpha value is -1.67. The largest absolute Gasteiger partial charge is 0.416 e. The molecular weight excluding hydrogens is 340 g/mol. The van der Waals surface area contributed by atoms with Gasteiger partial charge in [0.05, 0.1) is 17.4 Å². The van der Waals surface area contributed by atoms with E-state index in [1.807, 2.05) is 0 Å². The number of hydrogen-bond donors (Lipinski definition) is 2. The van der Waals surface area contributed by atoms with Crippen LogP contribution in [0.4, 0.5) is 23.2 Å². The molecule has 1 saturated carbocycles. The molecule has 0 bridgehead atoms. The van der Waals surface area contributed by atoms with Crippen LogP contribution >= 0.6 is 0 Å². The Labute approximate surface area is 142 Å². The lowest BCUT2D eigenvalue weighted by Gasteiger charge is -2.65. The first-order valence-electron chi connectivity index (χ1n) is 8.08. The lowest BCUT2D eigenvalue weighted by molar-refractivity contribution is -0.222. The summed E-state index contributed by atoms with van der Waals surface area (Å²) >= 11 is 0. The summed E-state index contributed by atoms with van der Waals surface area (Å²) < 4.78 is 58.0. The van der Waals surface area contributed by atoms with Gasteiger partial charge in [0.15, 0.2) is 0 Å². The number of carbonyl (C=O) groups is 1. The number of rotatable bonds is 2. The summed E-state index contributed by atoms with van der Waals surface area (Å²) in [6.07, 6.45) is -3.39. The summed E-state index contributed by atoms with van der Waals surface area (Å²) in [5, 5.41) is 2.26. The molecule has 1 amide bonds. The minimum Gasteiger partial charge on any atom is -0.377 e. The van der Waals surface area contributed by atoms with Crippen LogP contribution in [0.1, 0.15) is 32.3 Å². The molecule has 0 aromatic heterocycles. The van der Waals surface area contributed by atoms with E-state index < -0.39 is 40.1 Å². The summed E-state index contributed by atoms with van der Waals surface area (Å²) in [6.45, 7) is 4.15. The zero-order chi connectivity index (χ0) is 18.6. The van der Waals surface area contributed by atoms with Crippen molar-refractivity contribution in [2.45, 2.75) is 44.5 Å². The number of benzene rings is 1. The number of alkyl halides is 3. The number of ether oxygens (including phenoxy) is 1. The van der Waals surface area contributed by atoms with Crippen molar-refractivity contribution in [1.29, 1.82) is 0 Å². The molecule has 0 radical (unpaired) electrons. The van der Waals surface area contributed by atoms with Gasteiger partial charge in [-0.2, -0.15) is 13.2 Å². The third-order valence-corrected chi connectivity index (χ3v) is 5.60. The van der Waals surface area contributed by atoms with E-state index in [2.05, 4.69) is 5.32 Å². The molecule has 1 heterocycles. The SMILES string of the molecule is CC1(C)C2OCCCC2C1(N)C(=O)Nc1cc(C(F)(F)F)ccc1F. The topological polar surface area (TPSA) is 64.3 Å². The van der Waals surface area contributed by atoms with Gasteiger partial charge in [0.25, 0.3) is 0 Å². The highest BCUT2D eigenvalue weighted by atomic mass is 19.4. The van der Waals surface area contributed by atoms with Crippen molar-refractivity contribution in [3.05, 3.63) is 29.6 Å². The van der Waals surface area contributed by atoms with Crippen molar-refractivity contribution >= 4 is 11.6 Å². The maximum atomic E-state index is 13.9. The smallest absolute Gasteiger partial charge is 0.377 e. The molecule has 3 atom stereocenters. The third kappa shape index (κ3) is 2.62. The van der Waals surface area contributed by atoms with Gasteiger partial charge in [-0.3, -0.25) is 4.79 Å². The number of nitrogens with two attached hydrogens (primary N) is 1. The first-order chi connectivity index (χ1) is 11.5. The Morgan fingerprint density at radius 2 is 2.04 bits per heavy atom. The molecule has 1 aliphatic heterocycles. The first-order valence-corrected chi connectivity index (χ1v) is 8.08. The second-order valence-corrected chi connectivity index (χ2v) is 7.28. The monoisotopic (exact) mass is 360 g/mol. The van der Waals surface area contributed by atoms with Gasteiger partial charge >= 0.3 is 6.18 Å². The summed E-state index contributed by atoms with van der Waals surface area (Å²) in [7, 11) is 0. The van der Waals surface area contributed by atoms with Gasteiger partial charge in [-0.25, -0.2) is 4.39 Å². The van der Waals surface area contributed by atoms with Crippen LogP contribution in [0.15, 0.2) is 18.2 Å². The van der Waals surface area contributed by atoms with E-state index in [9.17, 15) is 22.4 Å². The molecule has 8 heteroatoms. The van der Waals surface area contributed by atoms with Crippen LogP contribution < -0.4 is 11.1 Å². The Kier molecular flexibility index (Phi) is 4.11. The average Bonchev–Trinajstić information content (AvgIpc) is 2.54. The van der Waals surface area contributed by atoms with Crippen molar-refractivity contribution in [1.82, 2.24) is 0 Å². The second-order valence-electron chi connectivity index (χ2n) is 7.28. The van der Waals surface area contributed by atoms with E-state index in [4.69, 9.17) is 10.5 Å². The molecule has 2 fully saturated rings. The quantitative estimate of drug-likeness (QED) is 0.796. The molecule has 4 nitrogen and oxygen atoms in total. The van der Waals surface area contributed by atoms with E-state index in [1.54, 1.807) is 13.8 Å². The normalized spacial score (nSPS) is 31.0. The van der Waals surface area contributed by atoms with E-state index in [1.165, 1.54) is 0 Å². The van der Waals surface area contributed by atoms with E-state index in [-0.39, 0.29) is 12.0 Å². The number of halogens is 4. The number of nitrogens with one attached hydrogen (secondary N) is 1. The summed E-state index contributed by atoms with van der Waals surface area (Å²) in [5.41, 5.74) is 2.75. The van der Waals surface area contributed by atoms with E-state index >= 15 is 0 Å². The van der Waals surface area contributed by atoms with Crippen LogP contribution in [-0.4, -0.2) is 24.2 Å². The fourth-order valence-corrected chi connectivity index (χ4v) is 4.06. The highest BCUT2D eigenvalue weighted by Gasteiger charge is 2.70. The van der Waals surface area contributed by atoms with Crippen molar-refractivity contribution in [2.75, 3.05) is 11.9 Å². The molecule has 3 rings (SSSR count). The van der Waals surface area contributed by atoms with Crippen LogP contribution in [0.25, 0.3) is 0 Å². The van der Waals surface area contributed by atoms with Gasteiger partial charge in [0.2, 0.25) is 5.91 Å². The molecule has 25 heavy (non-hydrogen) atoms. The number of amides is 1. The molecule has 3 unspecified atom stereocenters. The zero-order valence-corrected chi connectivity index (χ0v) is 13.9. The van der Waals surface area contributed by atoms with Gasteiger partial charge in [0.1, 0.15) is 11.4 Å². The van der Waals surface area contributed by atoms with Gasteiger partial charge in [-0.15, -0.1) is 0 Å². The maximum Gasteiger partial charge on any atom is 0.416 e. The zero-order valence-electron chi connectivity index (χ0n) is 13.9. The minimum atomic E-state index is -4.63. The van der Waals surface area contributed by atoms with E-state index in [0.29, 0.717) is 31.2 Å². The lowest BCUT2D eigenvalue weighted by atomic mass is 9.46. The van der Waals surface area contributed by atoms with Crippen LogP contribution in [0, 0.1) is 17.2 Å². The first kappa shape index (κ1) is 18.1. The van der Waals surface area contributed by atoms with Crippen LogP contribution in [0.3, 0.4) is 0 Å². The predicted molar refractivity (Wildman–Crippen MR) is 83.2 cm³/mol. The number of hydrogen-bond acceptors (Lipinski definition) is 3. The Balaban J connectivity index is 1.87. The Morgan fingerprint density at radius 1 is 1.36 bits per heavy atom. The maximum absolute atomic E-state index is 13.9. The van der Waals surface area contributed by atoms with Crippen LogP contribution in [0.2, 0.25) is 0 Å². The second kappa shape index (κ2) is 5.67. The summed E-state index contributed by atoms with van der Waals surface area (Å²) in [4.78, 5) is 12.8. The Morgan fingerprint density at radius 3 is 2.68 bits per heavy atom. The third-order valence-electron chi connectivity index (χ3n) is 5.60. The average molecular weight is 360 g/mol. The summed E-state index contributed by atoms with van der Waals surface area (Å²) in [6, 6.07) is 1.89. The number of carbonyl (C=O) groups excluding carboxylic acids is 1. The van der Waals surface area contributed by atoms with Gasteiger partial charge in [0, 0.05) is 17.9 Å². The number of anilines is 1. The van der Waals surface area contributed by atoms with E-state index in [0.717, 1.165) is 6.42 Å². The molecule has 138 valence electrons. The highest BCUT2D eigenvalue weighted by molar-refractivity contribution is 6.00. The lowest BCUT2D eigenvalue weighted by Crippen LogP contribution is -2.81.